The fourth-order valence-corrected chi connectivity index (χ4v) is 3.82. The molecule has 0 unspecified atom stereocenters. The molecule has 1 aromatic heterocycles. The number of thiazole rings is 1. The summed E-state index contributed by atoms with van der Waals surface area (Å²) >= 11 is 13.8. The molecule has 0 spiro atoms. The predicted molar refractivity (Wildman–Crippen MR) is 111 cm³/mol. The number of phenols is 2. The van der Waals surface area contributed by atoms with E-state index in [1.54, 1.807) is 29.1 Å². The average molecular weight is 422 g/mol. The minimum atomic E-state index is -0.206. The number of nitrogens with zero attached hydrogens (tertiary/aromatic N) is 3. The zero-order chi connectivity index (χ0) is 19.6. The van der Waals surface area contributed by atoms with Gasteiger partial charge in [-0.25, -0.2) is 4.68 Å². The van der Waals surface area contributed by atoms with Crippen molar-refractivity contribution in [2.45, 2.75) is 19.9 Å². The van der Waals surface area contributed by atoms with Crippen molar-refractivity contribution in [1.82, 2.24) is 4.68 Å². The molecule has 0 atom stereocenters. The van der Waals surface area contributed by atoms with E-state index < -0.39 is 0 Å². The summed E-state index contributed by atoms with van der Waals surface area (Å²) in [5, 5.41) is 26.6. The SMILES string of the molecule is CC(C)N=c1scc(-c2ccc(Cl)cc2Cl)n1N=Cc1ccc(O)c(O)c1. The zero-order valence-corrected chi connectivity index (χ0v) is 16.9. The highest BCUT2D eigenvalue weighted by atomic mass is 35.5. The van der Waals surface area contributed by atoms with Crippen LogP contribution >= 0.6 is 34.5 Å². The Kier molecular flexibility index (Phi) is 5.89. The van der Waals surface area contributed by atoms with Crippen LogP contribution < -0.4 is 4.80 Å². The molecule has 0 saturated heterocycles. The van der Waals surface area contributed by atoms with Crippen LogP contribution in [-0.2, 0) is 0 Å². The van der Waals surface area contributed by atoms with Crippen molar-refractivity contribution >= 4 is 40.8 Å². The number of phenolic OH excluding ortho intramolecular Hbond substituents is 2. The van der Waals surface area contributed by atoms with Crippen LogP contribution in [0.3, 0.4) is 0 Å². The number of aromatic hydroxyl groups is 2. The molecule has 0 fully saturated rings. The molecule has 1 heterocycles. The molecular weight excluding hydrogens is 405 g/mol. The molecule has 3 aromatic rings. The summed E-state index contributed by atoms with van der Waals surface area (Å²) in [7, 11) is 0. The number of hydrogen-bond acceptors (Lipinski definition) is 5. The lowest BCUT2D eigenvalue weighted by atomic mass is 10.2. The zero-order valence-electron chi connectivity index (χ0n) is 14.6. The van der Waals surface area contributed by atoms with E-state index in [0.717, 1.165) is 11.3 Å². The van der Waals surface area contributed by atoms with E-state index in [0.29, 0.717) is 20.4 Å². The van der Waals surface area contributed by atoms with E-state index in [4.69, 9.17) is 23.2 Å². The first-order valence-electron chi connectivity index (χ1n) is 8.11. The second kappa shape index (κ2) is 8.17. The number of aromatic nitrogens is 1. The molecule has 8 heteroatoms. The molecule has 3 rings (SSSR count). The smallest absolute Gasteiger partial charge is 0.206 e. The molecule has 0 aliphatic carbocycles. The lowest BCUT2D eigenvalue weighted by Gasteiger charge is -2.07. The van der Waals surface area contributed by atoms with Crippen molar-refractivity contribution in [3.63, 3.8) is 0 Å². The van der Waals surface area contributed by atoms with Crippen LogP contribution in [0.2, 0.25) is 10.0 Å². The molecule has 2 aromatic carbocycles. The summed E-state index contributed by atoms with van der Waals surface area (Å²) in [6, 6.07) is 9.87. The maximum atomic E-state index is 9.66. The van der Waals surface area contributed by atoms with Gasteiger partial charge in [0.25, 0.3) is 0 Å². The Morgan fingerprint density at radius 1 is 1.07 bits per heavy atom. The van der Waals surface area contributed by atoms with Crippen molar-refractivity contribution < 1.29 is 10.2 Å². The molecule has 0 aliphatic rings. The standard InChI is InChI=1S/C19H17Cl2N3O2S/c1-11(2)23-19-24(22-9-12-3-6-17(25)18(26)7-12)16(10-27-19)14-5-4-13(20)8-15(14)21/h3-11,25-26H,1-2H3. The van der Waals surface area contributed by atoms with E-state index in [1.807, 2.05) is 25.3 Å². The fraction of sp³-hybridized carbons (Fsp3) is 0.158. The molecule has 0 radical (unpaired) electrons. The van der Waals surface area contributed by atoms with Crippen LogP contribution in [0.5, 0.6) is 11.5 Å². The topological polar surface area (TPSA) is 70.1 Å². The van der Waals surface area contributed by atoms with Crippen LogP contribution in [0.15, 0.2) is 51.9 Å². The molecule has 5 nitrogen and oxygen atoms in total. The van der Waals surface area contributed by atoms with Crippen molar-refractivity contribution in [3.8, 4) is 22.8 Å². The van der Waals surface area contributed by atoms with Crippen LogP contribution in [-0.4, -0.2) is 27.1 Å². The third kappa shape index (κ3) is 4.53. The van der Waals surface area contributed by atoms with Gasteiger partial charge in [-0.3, -0.25) is 4.99 Å². The van der Waals surface area contributed by atoms with Gasteiger partial charge in [-0.05, 0) is 55.8 Å². The lowest BCUT2D eigenvalue weighted by Crippen LogP contribution is -2.14. The highest BCUT2D eigenvalue weighted by molar-refractivity contribution is 7.07. The van der Waals surface area contributed by atoms with Gasteiger partial charge >= 0.3 is 0 Å². The third-order valence-corrected chi connectivity index (χ3v) is 4.96. The first kappa shape index (κ1) is 19.5. The van der Waals surface area contributed by atoms with E-state index in [1.165, 1.54) is 23.5 Å². The van der Waals surface area contributed by atoms with Gasteiger partial charge in [0.1, 0.15) is 0 Å². The van der Waals surface area contributed by atoms with Crippen LogP contribution in [0.25, 0.3) is 11.3 Å². The van der Waals surface area contributed by atoms with Gasteiger partial charge in [0.05, 0.1) is 16.9 Å². The number of benzene rings is 2. The average Bonchev–Trinajstić information content (AvgIpc) is 2.97. The van der Waals surface area contributed by atoms with Gasteiger partial charge in [-0.2, -0.15) is 5.10 Å². The van der Waals surface area contributed by atoms with Crippen molar-refractivity contribution in [1.29, 1.82) is 0 Å². The van der Waals surface area contributed by atoms with Gasteiger partial charge in [-0.15, -0.1) is 11.3 Å². The largest absolute Gasteiger partial charge is 0.504 e. The Labute approximate surface area is 170 Å². The normalized spacial score (nSPS) is 12.4. The maximum Gasteiger partial charge on any atom is 0.206 e. The van der Waals surface area contributed by atoms with Gasteiger partial charge in [0.15, 0.2) is 11.5 Å². The van der Waals surface area contributed by atoms with E-state index in [9.17, 15) is 10.2 Å². The molecule has 2 N–H and O–H groups in total. The van der Waals surface area contributed by atoms with Gasteiger partial charge in [0, 0.05) is 22.0 Å². The maximum absolute atomic E-state index is 9.66. The minimum absolute atomic E-state index is 0.0938. The molecule has 0 saturated carbocycles. The second-order valence-electron chi connectivity index (χ2n) is 6.06. The highest BCUT2D eigenvalue weighted by Crippen LogP contribution is 2.31. The summed E-state index contributed by atoms with van der Waals surface area (Å²) < 4.78 is 1.70. The van der Waals surface area contributed by atoms with Gasteiger partial charge < -0.3 is 10.2 Å². The molecule has 27 heavy (non-hydrogen) atoms. The minimum Gasteiger partial charge on any atom is -0.504 e. The first-order valence-corrected chi connectivity index (χ1v) is 9.75. The van der Waals surface area contributed by atoms with Crippen molar-refractivity contribution in [2.75, 3.05) is 0 Å². The van der Waals surface area contributed by atoms with E-state index in [-0.39, 0.29) is 17.5 Å². The molecular formula is C19H17Cl2N3O2S. The van der Waals surface area contributed by atoms with E-state index >= 15 is 0 Å². The number of rotatable bonds is 4. The summed E-state index contributed by atoms with van der Waals surface area (Å²) in [4.78, 5) is 5.32. The van der Waals surface area contributed by atoms with Crippen LogP contribution in [0, 0.1) is 0 Å². The first-order chi connectivity index (χ1) is 12.8. The Balaban J connectivity index is 2.12. The molecule has 0 bridgehead atoms. The summed E-state index contributed by atoms with van der Waals surface area (Å²) in [5.74, 6) is -0.387. The predicted octanol–water partition coefficient (Wildman–Crippen LogP) is 5.13. The Bertz CT molecular complexity index is 1070. The Hall–Kier alpha value is -2.28. The monoisotopic (exact) mass is 421 g/mol. The van der Waals surface area contributed by atoms with Crippen molar-refractivity contribution in [2.24, 2.45) is 10.1 Å². The molecule has 0 amide bonds. The highest BCUT2D eigenvalue weighted by Gasteiger charge is 2.12. The Morgan fingerprint density at radius 3 is 2.52 bits per heavy atom. The van der Waals surface area contributed by atoms with E-state index in [2.05, 4.69) is 10.1 Å². The van der Waals surface area contributed by atoms with Crippen molar-refractivity contribution in [3.05, 3.63) is 62.2 Å². The van der Waals surface area contributed by atoms with Crippen LogP contribution in [0.4, 0.5) is 0 Å². The molecule has 0 aliphatic heterocycles. The lowest BCUT2D eigenvalue weighted by molar-refractivity contribution is 0.403. The Morgan fingerprint density at radius 2 is 1.85 bits per heavy atom. The fourth-order valence-electron chi connectivity index (χ4n) is 2.35. The summed E-state index contributed by atoms with van der Waals surface area (Å²) in [5.41, 5.74) is 2.20. The third-order valence-electron chi connectivity index (χ3n) is 3.58. The molecule has 140 valence electrons. The second-order valence-corrected chi connectivity index (χ2v) is 7.74. The summed E-state index contributed by atoms with van der Waals surface area (Å²) in [6.07, 6.45) is 1.58. The van der Waals surface area contributed by atoms with Gasteiger partial charge in [-0.1, -0.05) is 23.2 Å². The quantitative estimate of drug-likeness (QED) is 0.452. The number of halogens is 2. The van der Waals surface area contributed by atoms with Gasteiger partial charge in [0.2, 0.25) is 4.80 Å². The number of hydrogen-bond donors (Lipinski definition) is 2. The van der Waals surface area contributed by atoms with Crippen LogP contribution in [0.1, 0.15) is 19.4 Å². The summed E-state index contributed by atoms with van der Waals surface area (Å²) in [6.45, 7) is 3.97.